The minimum atomic E-state index is -0.897. The molecule has 12 heteroatoms. The summed E-state index contributed by atoms with van der Waals surface area (Å²) in [5, 5.41) is 0. The molecule has 4 aromatic rings. The lowest BCUT2D eigenvalue weighted by Crippen LogP contribution is -2.18. The van der Waals surface area contributed by atoms with Crippen LogP contribution in [-0.4, -0.2) is 65.2 Å². The van der Waals surface area contributed by atoms with Crippen LogP contribution in [0.4, 0.5) is 0 Å². The van der Waals surface area contributed by atoms with Crippen molar-refractivity contribution in [3.63, 3.8) is 0 Å². The molecule has 0 bridgehead atoms. The van der Waals surface area contributed by atoms with E-state index in [1.165, 1.54) is 89.1 Å². The summed E-state index contributed by atoms with van der Waals surface area (Å²) in [5.74, 6) is -1.28. The molecule has 0 spiro atoms. The third-order valence-corrected chi connectivity index (χ3v) is 7.49. The SMILES string of the molecule is COc1ccc(C(=O)C(=O)c2cc(OC)c3c(c2)OCO3)c(-c2cc(OC)ccc2C(=O)C(=O)c2cc(OC)c3c(c2)OCO3)c1. The zero-order valence-corrected chi connectivity index (χ0v) is 25.1. The molecule has 0 atom stereocenters. The molecule has 6 rings (SSSR count). The van der Waals surface area contributed by atoms with Gasteiger partial charge in [-0.1, -0.05) is 0 Å². The monoisotopic (exact) mass is 626 g/mol. The highest BCUT2D eigenvalue weighted by molar-refractivity contribution is 6.52. The van der Waals surface area contributed by atoms with Crippen molar-refractivity contribution >= 4 is 23.1 Å². The number of carbonyl (C=O) groups is 4. The zero-order chi connectivity index (χ0) is 32.5. The summed E-state index contributed by atoms with van der Waals surface area (Å²) in [6.07, 6.45) is 0. The molecule has 46 heavy (non-hydrogen) atoms. The van der Waals surface area contributed by atoms with Crippen LogP contribution >= 0.6 is 0 Å². The molecule has 2 aliphatic heterocycles. The Labute approximate surface area is 262 Å². The lowest BCUT2D eigenvalue weighted by molar-refractivity contribution is 0.0816. The van der Waals surface area contributed by atoms with Gasteiger partial charge < -0.3 is 37.9 Å². The Bertz CT molecular complexity index is 1790. The maximum Gasteiger partial charge on any atom is 0.234 e. The number of fused-ring (bicyclic) bond motifs is 2. The van der Waals surface area contributed by atoms with Crippen LogP contribution in [0.15, 0.2) is 60.7 Å². The minimum absolute atomic E-state index is 0.00161. The summed E-state index contributed by atoms with van der Waals surface area (Å²) >= 11 is 0. The van der Waals surface area contributed by atoms with Crippen molar-refractivity contribution in [1.29, 1.82) is 0 Å². The van der Waals surface area contributed by atoms with E-state index < -0.39 is 23.1 Å². The van der Waals surface area contributed by atoms with Crippen molar-refractivity contribution < 1.29 is 57.1 Å². The smallest absolute Gasteiger partial charge is 0.234 e. The molecule has 2 heterocycles. The predicted molar refractivity (Wildman–Crippen MR) is 161 cm³/mol. The van der Waals surface area contributed by atoms with Gasteiger partial charge in [0.1, 0.15) is 11.5 Å². The zero-order valence-electron chi connectivity index (χ0n) is 25.1. The highest BCUT2D eigenvalue weighted by Crippen LogP contribution is 2.44. The fourth-order valence-electron chi connectivity index (χ4n) is 5.17. The van der Waals surface area contributed by atoms with Crippen molar-refractivity contribution in [2.45, 2.75) is 0 Å². The van der Waals surface area contributed by atoms with E-state index in [4.69, 9.17) is 37.9 Å². The van der Waals surface area contributed by atoms with Crippen molar-refractivity contribution in [2.24, 2.45) is 0 Å². The van der Waals surface area contributed by atoms with Gasteiger partial charge in [-0.05, 0) is 71.8 Å². The maximum absolute atomic E-state index is 13.9. The molecule has 0 radical (unpaired) electrons. The minimum Gasteiger partial charge on any atom is -0.497 e. The quantitative estimate of drug-likeness (QED) is 0.164. The Kier molecular flexibility index (Phi) is 7.93. The van der Waals surface area contributed by atoms with Crippen molar-refractivity contribution in [1.82, 2.24) is 0 Å². The number of benzene rings is 4. The highest BCUT2D eigenvalue weighted by Gasteiger charge is 2.31. The van der Waals surface area contributed by atoms with Crippen LogP contribution in [0, 0.1) is 0 Å². The van der Waals surface area contributed by atoms with E-state index in [0.717, 1.165) is 0 Å². The first-order valence-electron chi connectivity index (χ1n) is 13.8. The lowest BCUT2D eigenvalue weighted by Gasteiger charge is -2.16. The van der Waals surface area contributed by atoms with E-state index in [1.807, 2.05) is 0 Å². The molecule has 0 fully saturated rings. The molecule has 0 unspecified atom stereocenters. The van der Waals surface area contributed by atoms with Crippen molar-refractivity contribution in [2.75, 3.05) is 42.0 Å². The second-order valence-corrected chi connectivity index (χ2v) is 9.96. The summed E-state index contributed by atoms with van der Waals surface area (Å²) < 4.78 is 43.1. The van der Waals surface area contributed by atoms with Crippen molar-refractivity contribution in [3.8, 4) is 57.1 Å². The summed E-state index contributed by atoms with van der Waals surface area (Å²) in [6, 6.07) is 14.4. The van der Waals surface area contributed by atoms with Gasteiger partial charge in [0.25, 0.3) is 0 Å². The second kappa shape index (κ2) is 12.2. The first kappa shape index (κ1) is 30.0. The lowest BCUT2D eigenvalue weighted by atomic mass is 9.88. The van der Waals surface area contributed by atoms with E-state index in [1.54, 1.807) is 0 Å². The normalized spacial score (nSPS) is 12.3. The van der Waals surface area contributed by atoms with Crippen LogP contribution < -0.4 is 37.9 Å². The molecular formula is C34H26O12. The van der Waals surface area contributed by atoms with E-state index in [0.29, 0.717) is 23.0 Å². The van der Waals surface area contributed by atoms with E-state index >= 15 is 0 Å². The van der Waals surface area contributed by atoms with E-state index in [2.05, 4.69) is 0 Å². The number of carbonyl (C=O) groups excluding carboxylic acids is 4. The summed E-state index contributed by atoms with van der Waals surface area (Å²) in [6.45, 7) is -0.130. The Hall–Kier alpha value is -6.04. The van der Waals surface area contributed by atoms with Crippen LogP contribution in [0.25, 0.3) is 11.1 Å². The van der Waals surface area contributed by atoms with Crippen LogP contribution in [0.2, 0.25) is 0 Å². The topological polar surface area (TPSA) is 142 Å². The number of rotatable bonds is 11. The fraction of sp³-hybridized carbons (Fsp3) is 0.176. The van der Waals surface area contributed by atoms with E-state index in [-0.39, 0.29) is 70.0 Å². The van der Waals surface area contributed by atoms with Gasteiger partial charge in [0.2, 0.25) is 48.2 Å². The number of hydrogen-bond donors (Lipinski definition) is 0. The average Bonchev–Trinajstić information content (AvgIpc) is 3.79. The molecule has 12 nitrogen and oxygen atoms in total. The van der Waals surface area contributed by atoms with Gasteiger partial charge in [-0.3, -0.25) is 19.2 Å². The molecule has 0 saturated heterocycles. The number of hydrogen-bond acceptors (Lipinski definition) is 12. The second-order valence-electron chi connectivity index (χ2n) is 9.96. The van der Waals surface area contributed by atoms with Crippen LogP contribution in [-0.2, 0) is 0 Å². The fourth-order valence-corrected chi connectivity index (χ4v) is 5.17. The molecule has 0 saturated carbocycles. The Morgan fingerprint density at radius 2 is 0.913 bits per heavy atom. The molecular weight excluding hydrogens is 600 g/mol. The maximum atomic E-state index is 13.9. The molecule has 0 aromatic heterocycles. The number of ether oxygens (including phenoxy) is 8. The van der Waals surface area contributed by atoms with Crippen LogP contribution in [0.5, 0.6) is 46.0 Å². The number of Topliss-reactive ketones (excluding diaryl/α,β-unsaturated/α-hetero) is 4. The number of methoxy groups -OCH3 is 4. The molecule has 0 N–H and O–H groups in total. The predicted octanol–water partition coefficient (Wildman–Crippen LogP) is 4.98. The van der Waals surface area contributed by atoms with Crippen molar-refractivity contribution in [3.05, 3.63) is 82.9 Å². The van der Waals surface area contributed by atoms with Gasteiger partial charge in [-0.15, -0.1) is 0 Å². The standard InChI is InChI=1S/C34H26O12/c1-39-19-5-7-21(31(37)29(35)17-9-25(41-3)33-27(11-17)43-15-45-33)23(13-19)24-14-20(40-2)6-8-22(24)32(38)30(36)18-10-26(42-4)34-28(12-18)44-16-46-34/h5-14H,15-16H2,1-4H3. The largest absolute Gasteiger partial charge is 0.497 e. The Morgan fingerprint density at radius 1 is 0.500 bits per heavy atom. The molecule has 234 valence electrons. The number of ketones is 4. The van der Waals surface area contributed by atoms with Crippen LogP contribution in [0.3, 0.4) is 0 Å². The van der Waals surface area contributed by atoms with Gasteiger partial charge in [0, 0.05) is 22.3 Å². The molecule has 0 aliphatic carbocycles. The molecule has 4 aromatic carbocycles. The summed E-state index contributed by atoms with van der Waals surface area (Å²) in [4.78, 5) is 55.0. The third-order valence-electron chi connectivity index (χ3n) is 7.49. The average molecular weight is 627 g/mol. The van der Waals surface area contributed by atoms with E-state index in [9.17, 15) is 19.2 Å². The Balaban J connectivity index is 1.45. The van der Waals surface area contributed by atoms with Gasteiger partial charge in [0.15, 0.2) is 23.0 Å². The summed E-state index contributed by atoms with van der Waals surface area (Å²) in [7, 11) is 5.66. The van der Waals surface area contributed by atoms with Gasteiger partial charge >= 0.3 is 0 Å². The summed E-state index contributed by atoms with van der Waals surface area (Å²) in [5.41, 5.74) is 0.208. The van der Waals surface area contributed by atoms with Crippen LogP contribution in [0.1, 0.15) is 41.4 Å². The highest BCUT2D eigenvalue weighted by atomic mass is 16.7. The van der Waals surface area contributed by atoms with Gasteiger partial charge in [0.05, 0.1) is 28.4 Å². The third kappa shape index (κ3) is 5.19. The van der Waals surface area contributed by atoms with Gasteiger partial charge in [-0.25, -0.2) is 0 Å². The molecule has 2 aliphatic rings. The first-order valence-corrected chi connectivity index (χ1v) is 13.8. The molecule has 0 amide bonds. The first-order chi connectivity index (χ1) is 22.3. The van der Waals surface area contributed by atoms with Gasteiger partial charge in [-0.2, -0.15) is 0 Å². The Morgan fingerprint density at radius 3 is 1.28 bits per heavy atom.